The fourth-order valence-electron chi connectivity index (χ4n) is 8.41. The molecule has 0 atom stereocenters. The molecular formula is C52H35N3O. The zero-order valence-corrected chi connectivity index (χ0v) is 30.6. The molecule has 3 heterocycles. The summed E-state index contributed by atoms with van der Waals surface area (Å²) >= 11 is 0. The van der Waals surface area contributed by atoms with E-state index in [1.807, 2.05) is 12.1 Å². The summed E-state index contributed by atoms with van der Waals surface area (Å²) in [6.45, 7) is 0. The number of rotatable bonds is 6. The predicted molar refractivity (Wildman–Crippen MR) is 232 cm³/mol. The second kappa shape index (κ2) is 13.2. The minimum absolute atomic E-state index is 0.689. The minimum Gasteiger partial charge on any atom is -0.454 e. The molecule has 56 heavy (non-hydrogen) atoms. The lowest BCUT2D eigenvalue weighted by atomic mass is 9.95. The van der Waals surface area contributed by atoms with E-state index in [0.717, 1.165) is 90.4 Å². The van der Waals surface area contributed by atoms with Gasteiger partial charge in [0, 0.05) is 38.2 Å². The average Bonchev–Trinajstić information content (AvgIpc) is 3.83. The maximum absolute atomic E-state index is 6.90. The number of furan rings is 1. The molecule has 11 rings (SSSR count). The predicted octanol–water partition coefficient (Wildman–Crippen LogP) is 13.9. The van der Waals surface area contributed by atoms with Gasteiger partial charge in [0.1, 0.15) is 5.58 Å². The van der Waals surface area contributed by atoms with Gasteiger partial charge in [-0.25, -0.2) is 9.97 Å². The summed E-state index contributed by atoms with van der Waals surface area (Å²) in [7, 11) is 0. The highest BCUT2D eigenvalue weighted by Crippen LogP contribution is 2.43. The van der Waals surface area contributed by atoms with Gasteiger partial charge in [-0.1, -0.05) is 146 Å². The monoisotopic (exact) mass is 717 g/mol. The molecule has 3 aromatic heterocycles. The van der Waals surface area contributed by atoms with Crippen molar-refractivity contribution >= 4 is 49.3 Å². The van der Waals surface area contributed by atoms with Gasteiger partial charge in [-0.2, -0.15) is 0 Å². The van der Waals surface area contributed by atoms with Crippen LogP contribution in [-0.4, -0.2) is 14.5 Å². The van der Waals surface area contributed by atoms with Crippen LogP contribution in [0.4, 0.5) is 0 Å². The summed E-state index contributed by atoms with van der Waals surface area (Å²) in [5.41, 5.74) is 14.7. The third kappa shape index (κ3) is 5.38. The molecule has 10 aromatic rings. The molecule has 264 valence electrons. The molecule has 1 aliphatic carbocycles. The van der Waals surface area contributed by atoms with Crippen LogP contribution in [-0.2, 0) is 0 Å². The Morgan fingerprint density at radius 1 is 0.500 bits per heavy atom. The normalized spacial score (nSPS) is 12.9. The lowest BCUT2D eigenvalue weighted by molar-refractivity contribution is 0.666. The Balaban J connectivity index is 1.20. The second-order valence-corrected chi connectivity index (χ2v) is 14.5. The first-order chi connectivity index (χ1) is 27.8. The van der Waals surface area contributed by atoms with Crippen molar-refractivity contribution in [2.24, 2.45) is 0 Å². The van der Waals surface area contributed by atoms with Crippen LogP contribution < -0.4 is 0 Å². The lowest BCUT2D eigenvalue weighted by Gasteiger charge is -2.14. The van der Waals surface area contributed by atoms with Crippen molar-refractivity contribution in [2.45, 2.75) is 12.8 Å². The number of para-hydroxylation sites is 1. The van der Waals surface area contributed by atoms with Crippen LogP contribution >= 0.6 is 0 Å². The van der Waals surface area contributed by atoms with Gasteiger partial charge in [0.05, 0.1) is 28.1 Å². The molecular weight excluding hydrogens is 683 g/mol. The molecule has 0 unspecified atom stereocenters. The van der Waals surface area contributed by atoms with E-state index in [-0.39, 0.29) is 0 Å². The van der Waals surface area contributed by atoms with Crippen molar-refractivity contribution in [3.8, 4) is 50.7 Å². The Bertz CT molecular complexity index is 3110. The van der Waals surface area contributed by atoms with Gasteiger partial charge >= 0.3 is 0 Å². The second-order valence-electron chi connectivity index (χ2n) is 14.5. The van der Waals surface area contributed by atoms with Crippen molar-refractivity contribution < 1.29 is 4.42 Å². The van der Waals surface area contributed by atoms with Gasteiger partial charge in [-0.15, -0.1) is 0 Å². The first kappa shape index (κ1) is 32.2. The van der Waals surface area contributed by atoms with Gasteiger partial charge in [0.25, 0.3) is 0 Å². The SMILES string of the molecule is C1=CCCC(c2cc(-n3c4ccccc4c4c(-c5nc(-c6ccccc6)cc(-c6ccccc6)n5)cccc43)c3oc4ccc(-c5ccccc5)cc4c3c2)=C1. The molecule has 0 bridgehead atoms. The fourth-order valence-corrected chi connectivity index (χ4v) is 8.41. The highest BCUT2D eigenvalue weighted by molar-refractivity contribution is 6.17. The maximum atomic E-state index is 6.90. The standard InChI is InChI=1S/C52H35N3O/c1-5-16-34(17-6-1)38-28-29-49-42(30-38)43-31-39(35-18-7-2-8-19-35)32-48(51(43)56-49)55-46-26-14-13-24-40(46)50-41(25-15-27-47(50)55)52-53-44(36-20-9-3-10-21-36)33-45(54-52)37-22-11-4-12-23-37/h1-7,9-18,20-33H,8,19H2. The first-order valence-electron chi connectivity index (χ1n) is 19.2. The Morgan fingerprint density at radius 3 is 1.88 bits per heavy atom. The number of hydrogen-bond acceptors (Lipinski definition) is 3. The highest BCUT2D eigenvalue weighted by Gasteiger charge is 2.23. The van der Waals surface area contributed by atoms with Crippen LogP contribution in [0.2, 0.25) is 0 Å². The molecule has 0 saturated carbocycles. The topological polar surface area (TPSA) is 43.9 Å². The molecule has 0 spiro atoms. The van der Waals surface area contributed by atoms with Gasteiger partial charge in [-0.3, -0.25) is 0 Å². The van der Waals surface area contributed by atoms with E-state index in [1.54, 1.807) is 0 Å². The number of benzene rings is 7. The van der Waals surface area contributed by atoms with Crippen molar-refractivity contribution in [2.75, 3.05) is 0 Å². The number of aromatic nitrogens is 3. The molecule has 7 aromatic carbocycles. The average molecular weight is 718 g/mol. The van der Waals surface area contributed by atoms with Crippen LogP contribution in [0.25, 0.3) is 100 Å². The zero-order valence-electron chi connectivity index (χ0n) is 30.6. The summed E-state index contributed by atoms with van der Waals surface area (Å²) in [5.74, 6) is 0.689. The van der Waals surface area contributed by atoms with Crippen LogP contribution in [0.1, 0.15) is 18.4 Å². The van der Waals surface area contributed by atoms with Crippen molar-refractivity contribution in [1.29, 1.82) is 0 Å². The number of nitrogens with zero attached hydrogens (tertiary/aromatic N) is 3. The number of allylic oxidation sites excluding steroid dienone is 4. The van der Waals surface area contributed by atoms with Crippen molar-refractivity contribution in [3.63, 3.8) is 0 Å². The van der Waals surface area contributed by atoms with E-state index in [0.29, 0.717) is 5.82 Å². The Morgan fingerprint density at radius 2 is 1.16 bits per heavy atom. The molecule has 0 radical (unpaired) electrons. The van der Waals surface area contributed by atoms with Crippen molar-refractivity contribution in [3.05, 3.63) is 194 Å². The van der Waals surface area contributed by atoms with Crippen LogP contribution in [0.5, 0.6) is 0 Å². The maximum Gasteiger partial charge on any atom is 0.161 e. The van der Waals surface area contributed by atoms with Crippen LogP contribution in [0, 0.1) is 0 Å². The molecule has 0 fully saturated rings. The molecule has 0 saturated heterocycles. The Kier molecular flexibility index (Phi) is 7.59. The van der Waals surface area contributed by atoms with E-state index >= 15 is 0 Å². The molecule has 4 heteroatoms. The quantitative estimate of drug-likeness (QED) is 0.172. The summed E-state index contributed by atoms with van der Waals surface area (Å²) in [5, 5.41) is 4.45. The number of hydrogen-bond donors (Lipinski definition) is 0. The summed E-state index contributed by atoms with van der Waals surface area (Å²) in [6.07, 6.45) is 8.70. The number of fused-ring (bicyclic) bond motifs is 6. The summed E-state index contributed by atoms with van der Waals surface area (Å²) < 4.78 is 9.29. The molecule has 4 nitrogen and oxygen atoms in total. The van der Waals surface area contributed by atoms with E-state index in [1.165, 1.54) is 22.3 Å². The Hall–Kier alpha value is -7.30. The van der Waals surface area contributed by atoms with E-state index in [4.69, 9.17) is 14.4 Å². The molecule has 0 N–H and O–H groups in total. The van der Waals surface area contributed by atoms with Gasteiger partial charge < -0.3 is 8.98 Å². The summed E-state index contributed by atoms with van der Waals surface area (Å²) in [6, 6.07) is 59.8. The molecule has 1 aliphatic rings. The van der Waals surface area contributed by atoms with E-state index < -0.39 is 0 Å². The largest absolute Gasteiger partial charge is 0.454 e. The first-order valence-corrected chi connectivity index (χ1v) is 19.2. The third-order valence-corrected chi connectivity index (χ3v) is 11.1. The van der Waals surface area contributed by atoms with Crippen LogP contribution in [0.3, 0.4) is 0 Å². The summed E-state index contributed by atoms with van der Waals surface area (Å²) in [4.78, 5) is 10.5. The van der Waals surface area contributed by atoms with Gasteiger partial charge in [-0.05, 0) is 77.6 Å². The zero-order chi connectivity index (χ0) is 37.0. The highest BCUT2D eigenvalue weighted by atomic mass is 16.3. The Labute approximate surface area is 324 Å². The third-order valence-electron chi connectivity index (χ3n) is 11.1. The van der Waals surface area contributed by atoms with E-state index in [9.17, 15) is 0 Å². The van der Waals surface area contributed by atoms with E-state index in [2.05, 4.69) is 181 Å². The van der Waals surface area contributed by atoms with Crippen LogP contribution in [0.15, 0.2) is 193 Å². The fraction of sp³-hybridized carbons (Fsp3) is 0.0385. The molecule has 0 aliphatic heterocycles. The van der Waals surface area contributed by atoms with Gasteiger partial charge in [0.15, 0.2) is 11.4 Å². The minimum atomic E-state index is 0.689. The smallest absolute Gasteiger partial charge is 0.161 e. The molecule has 0 amide bonds. The lowest BCUT2D eigenvalue weighted by Crippen LogP contribution is -1.98. The van der Waals surface area contributed by atoms with Gasteiger partial charge in [0.2, 0.25) is 0 Å². The van der Waals surface area contributed by atoms with Crippen molar-refractivity contribution in [1.82, 2.24) is 14.5 Å².